The van der Waals surface area contributed by atoms with Crippen molar-refractivity contribution >= 4 is 6.09 Å². The highest BCUT2D eigenvalue weighted by atomic mass is 16.4. The van der Waals surface area contributed by atoms with E-state index in [1.54, 1.807) is 4.90 Å². The van der Waals surface area contributed by atoms with Crippen molar-refractivity contribution in [2.45, 2.75) is 37.8 Å². The number of fused-ring (bicyclic) bond motifs is 2. The molecule has 1 amide bonds. The molecule has 74 valence electrons. The van der Waals surface area contributed by atoms with E-state index in [4.69, 9.17) is 10.2 Å². The summed E-state index contributed by atoms with van der Waals surface area (Å²) >= 11 is 0. The first-order chi connectivity index (χ1) is 6.22. The average molecular weight is 185 g/mol. The van der Waals surface area contributed by atoms with E-state index in [9.17, 15) is 4.79 Å². The van der Waals surface area contributed by atoms with Gasteiger partial charge in [0.25, 0.3) is 0 Å². The van der Waals surface area contributed by atoms with E-state index in [1.807, 2.05) is 0 Å². The molecule has 2 fully saturated rings. The van der Waals surface area contributed by atoms with Crippen LogP contribution in [-0.4, -0.2) is 39.9 Å². The highest BCUT2D eigenvalue weighted by molar-refractivity contribution is 5.66. The van der Waals surface area contributed by atoms with Crippen molar-refractivity contribution in [1.29, 1.82) is 0 Å². The van der Waals surface area contributed by atoms with Gasteiger partial charge in [-0.2, -0.15) is 0 Å². The lowest BCUT2D eigenvalue weighted by Gasteiger charge is -2.36. The van der Waals surface area contributed by atoms with Crippen LogP contribution in [0.2, 0.25) is 0 Å². The zero-order chi connectivity index (χ0) is 9.42. The van der Waals surface area contributed by atoms with E-state index >= 15 is 0 Å². The summed E-state index contributed by atoms with van der Waals surface area (Å²) in [5, 5.41) is 18.0. The first-order valence-electron chi connectivity index (χ1n) is 4.84. The average Bonchev–Trinajstić information content (AvgIpc) is 2.37. The lowest BCUT2D eigenvalue weighted by atomic mass is 9.92. The molecule has 0 spiro atoms. The predicted octanol–water partition coefficient (Wildman–Crippen LogP) is 0.900. The van der Waals surface area contributed by atoms with Crippen LogP contribution in [0.25, 0.3) is 0 Å². The van der Waals surface area contributed by atoms with Gasteiger partial charge < -0.3 is 15.1 Å². The predicted molar refractivity (Wildman–Crippen MR) is 46.5 cm³/mol. The van der Waals surface area contributed by atoms with E-state index in [1.165, 1.54) is 0 Å². The number of piperidine rings is 1. The fourth-order valence-electron chi connectivity index (χ4n) is 2.75. The van der Waals surface area contributed by atoms with Crippen molar-refractivity contribution in [3.8, 4) is 0 Å². The van der Waals surface area contributed by atoms with Gasteiger partial charge in [-0.25, -0.2) is 4.79 Å². The number of aliphatic hydroxyl groups is 1. The molecule has 2 rings (SSSR count). The smallest absolute Gasteiger partial charge is 0.407 e. The standard InChI is InChI=1S/C9H15NO3/c11-5-6-3-7-1-2-8(4-6)10(7)9(12)13/h6-8,11H,1-5H2,(H,12,13). The lowest BCUT2D eigenvalue weighted by Crippen LogP contribution is -2.46. The van der Waals surface area contributed by atoms with E-state index < -0.39 is 6.09 Å². The number of amides is 1. The Labute approximate surface area is 77.2 Å². The Hall–Kier alpha value is -0.770. The quantitative estimate of drug-likeness (QED) is 0.638. The van der Waals surface area contributed by atoms with Gasteiger partial charge in [0.05, 0.1) is 0 Å². The second-order valence-electron chi connectivity index (χ2n) is 4.09. The highest BCUT2D eigenvalue weighted by Crippen LogP contribution is 2.38. The van der Waals surface area contributed by atoms with Gasteiger partial charge in [-0.1, -0.05) is 0 Å². The molecule has 2 N–H and O–H groups in total. The zero-order valence-electron chi connectivity index (χ0n) is 7.52. The molecule has 0 aromatic carbocycles. The van der Waals surface area contributed by atoms with E-state index in [0.29, 0.717) is 5.92 Å². The summed E-state index contributed by atoms with van der Waals surface area (Å²) in [7, 11) is 0. The fraction of sp³-hybridized carbons (Fsp3) is 0.889. The number of hydrogen-bond acceptors (Lipinski definition) is 2. The number of carbonyl (C=O) groups is 1. The lowest BCUT2D eigenvalue weighted by molar-refractivity contribution is 0.0674. The topological polar surface area (TPSA) is 60.8 Å². The second-order valence-corrected chi connectivity index (χ2v) is 4.09. The Morgan fingerprint density at radius 2 is 1.85 bits per heavy atom. The minimum atomic E-state index is -0.788. The molecule has 0 aromatic rings. The molecule has 0 aliphatic carbocycles. The van der Waals surface area contributed by atoms with Crippen LogP contribution in [0, 0.1) is 5.92 Å². The molecule has 2 aliphatic heterocycles. The Kier molecular flexibility index (Phi) is 2.15. The van der Waals surface area contributed by atoms with Gasteiger partial charge in [0.2, 0.25) is 0 Å². The van der Waals surface area contributed by atoms with Crippen molar-refractivity contribution in [2.75, 3.05) is 6.61 Å². The molecule has 13 heavy (non-hydrogen) atoms. The van der Waals surface area contributed by atoms with Gasteiger partial charge in [0, 0.05) is 18.7 Å². The number of rotatable bonds is 1. The van der Waals surface area contributed by atoms with Crippen LogP contribution in [0.4, 0.5) is 4.79 Å². The van der Waals surface area contributed by atoms with Crippen molar-refractivity contribution in [2.24, 2.45) is 5.92 Å². The third-order valence-corrected chi connectivity index (χ3v) is 3.31. The maximum absolute atomic E-state index is 10.9. The second kappa shape index (κ2) is 3.18. The molecule has 2 aliphatic rings. The molecule has 2 bridgehead atoms. The van der Waals surface area contributed by atoms with Crippen LogP contribution < -0.4 is 0 Å². The molecule has 2 unspecified atom stereocenters. The summed E-state index contributed by atoms with van der Waals surface area (Å²) < 4.78 is 0. The molecule has 0 radical (unpaired) electrons. The molecular formula is C9H15NO3. The Morgan fingerprint density at radius 1 is 1.31 bits per heavy atom. The van der Waals surface area contributed by atoms with Gasteiger partial charge in [0.15, 0.2) is 0 Å². The van der Waals surface area contributed by atoms with Gasteiger partial charge in [-0.15, -0.1) is 0 Å². The van der Waals surface area contributed by atoms with Gasteiger partial charge >= 0.3 is 6.09 Å². The van der Waals surface area contributed by atoms with Crippen LogP contribution in [-0.2, 0) is 0 Å². The highest BCUT2D eigenvalue weighted by Gasteiger charge is 2.42. The number of nitrogens with zero attached hydrogens (tertiary/aromatic N) is 1. The molecule has 4 nitrogen and oxygen atoms in total. The van der Waals surface area contributed by atoms with E-state index in [0.717, 1.165) is 25.7 Å². The maximum atomic E-state index is 10.9. The van der Waals surface area contributed by atoms with Gasteiger partial charge in [-0.05, 0) is 31.6 Å². The number of hydrogen-bond donors (Lipinski definition) is 2. The van der Waals surface area contributed by atoms with Crippen molar-refractivity contribution in [1.82, 2.24) is 4.90 Å². The normalized spacial score (nSPS) is 37.9. The summed E-state index contributed by atoms with van der Waals surface area (Å²) in [4.78, 5) is 12.5. The summed E-state index contributed by atoms with van der Waals surface area (Å²) in [5.41, 5.74) is 0. The number of carboxylic acid groups (broad SMARTS) is 1. The largest absolute Gasteiger partial charge is 0.465 e. The summed E-state index contributed by atoms with van der Waals surface area (Å²) in [6.45, 7) is 0.209. The van der Waals surface area contributed by atoms with Crippen molar-refractivity contribution < 1.29 is 15.0 Å². The molecule has 4 heteroatoms. The molecule has 0 saturated carbocycles. The van der Waals surface area contributed by atoms with E-state index in [-0.39, 0.29) is 18.7 Å². The molecule has 0 aromatic heterocycles. The molecule has 2 heterocycles. The van der Waals surface area contributed by atoms with Gasteiger partial charge in [-0.3, -0.25) is 0 Å². The molecular weight excluding hydrogens is 170 g/mol. The minimum absolute atomic E-state index is 0.174. The zero-order valence-corrected chi connectivity index (χ0v) is 7.52. The van der Waals surface area contributed by atoms with Crippen molar-refractivity contribution in [3.05, 3.63) is 0 Å². The molecule has 2 saturated heterocycles. The Bertz CT molecular complexity index is 205. The van der Waals surface area contributed by atoms with Crippen molar-refractivity contribution in [3.63, 3.8) is 0 Å². The fourth-order valence-corrected chi connectivity index (χ4v) is 2.75. The summed E-state index contributed by atoms with van der Waals surface area (Å²) in [5.74, 6) is 0.327. The first-order valence-corrected chi connectivity index (χ1v) is 4.84. The number of aliphatic hydroxyl groups excluding tert-OH is 1. The maximum Gasteiger partial charge on any atom is 0.407 e. The first kappa shape index (κ1) is 8.81. The van der Waals surface area contributed by atoms with Crippen LogP contribution in [0.5, 0.6) is 0 Å². The third kappa shape index (κ3) is 1.39. The van der Waals surface area contributed by atoms with E-state index in [2.05, 4.69) is 0 Å². The van der Waals surface area contributed by atoms with Crippen LogP contribution in [0.15, 0.2) is 0 Å². The van der Waals surface area contributed by atoms with Crippen LogP contribution in [0.1, 0.15) is 25.7 Å². The van der Waals surface area contributed by atoms with Crippen LogP contribution >= 0.6 is 0 Å². The monoisotopic (exact) mass is 185 g/mol. The Balaban J connectivity index is 2.08. The summed E-state index contributed by atoms with van der Waals surface area (Å²) in [6, 6.07) is 0.349. The third-order valence-electron chi connectivity index (χ3n) is 3.31. The SMILES string of the molecule is O=C(O)N1C2CCC1CC(CO)C2. The van der Waals surface area contributed by atoms with Crippen LogP contribution in [0.3, 0.4) is 0 Å². The minimum Gasteiger partial charge on any atom is -0.465 e. The molecule has 2 atom stereocenters. The summed E-state index contributed by atoms with van der Waals surface area (Å²) in [6.07, 6.45) is 2.86. The Morgan fingerprint density at radius 3 is 2.23 bits per heavy atom. The van der Waals surface area contributed by atoms with Gasteiger partial charge in [0.1, 0.15) is 0 Å².